The molecule has 238 valence electrons. The Morgan fingerprint density at radius 1 is 0.930 bits per heavy atom. The third-order valence-electron chi connectivity index (χ3n) is 8.39. The second kappa shape index (κ2) is 12.4. The Balaban J connectivity index is 1.59. The van der Waals surface area contributed by atoms with Gasteiger partial charge in [-0.3, -0.25) is 4.79 Å². The minimum Gasteiger partial charge on any atom is -0.459 e. The minimum absolute atomic E-state index is 0.0956. The lowest BCUT2D eigenvalue weighted by Gasteiger charge is -2.34. The second-order valence-corrected chi connectivity index (χ2v) is 12.7. The van der Waals surface area contributed by atoms with Crippen LogP contribution in [-0.4, -0.2) is 29.8 Å². The van der Waals surface area contributed by atoms with E-state index in [-0.39, 0.29) is 29.4 Å². The highest BCUT2D eigenvalue weighted by Crippen LogP contribution is 2.45. The number of ether oxygens (including phenoxy) is 2. The number of hydrogen-bond donors (Lipinski definition) is 1. The molecule has 0 amide bonds. The van der Waals surface area contributed by atoms with E-state index in [0.717, 1.165) is 18.4 Å². The fourth-order valence-corrected chi connectivity index (χ4v) is 6.28. The van der Waals surface area contributed by atoms with Crippen LogP contribution in [0.3, 0.4) is 0 Å². The van der Waals surface area contributed by atoms with Crippen LogP contribution < -0.4 is 5.32 Å². The first kappa shape index (κ1) is 33.2. The molecule has 0 bridgehead atoms. The monoisotopic (exact) mass is 617 g/mol. The maximum Gasteiger partial charge on any atom is 0.416 e. The summed E-state index contributed by atoms with van der Waals surface area (Å²) in [6, 6.07) is 7.31. The van der Waals surface area contributed by atoms with Crippen molar-refractivity contribution in [1.82, 2.24) is 5.32 Å². The molecule has 4 rings (SSSR count). The Bertz CT molecular complexity index is 1230. The largest absolute Gasteiger partial charge is 0.459 e. The van der Waals surface area contributed by atoms with E-state index in [1.165, 1.54) is 19.1 Å². The molecule has 2 aromatic carbocycles. The number of esters is 1. The maximum atomic E-state index is 13.8. The van der Waals surface area contributed by atoms with E-state index in [4.69, 9.17) is 9.47 Å². The highest BCUT2D eigenvalue weighted by atomic mass is 19.4. The molecule has 0 spiro atoms. The van der Waals surface area contributed by atoms with Gasteiger partial charge in [-0.2, -0.15) is 26.3 Å². The van der Waals surface area contributed by atoms with E-state index in [1.54, 1.807) is 32.9 Å². The molecule has 43 heavy (non-hydrogen) atoms. The maximum absolute atomic E-state index is 13.8. The number of halogens is 7. The Hall–Kier alpha value is -2.66. The molecule has 11 heteroatoms. The molecule has 0 heterocycles. The van der Waals surface area contributed by atoms with E-state index in [9.17, 15) is 35.5 Å². The van der Waals surface area contributed by atoms with Crippen LogP contribution in [0.4, 0.5) is 30.7 Å². The summed E-state index contributed by atoms with van der Waals surface area (Å²) < 4.78 is 107. The van der Waals surface area contributed by atoms with Gasteiger partial charge in [-0.25, -0.2) is 4.39 Å². The Morgan fingerprint density at radius 2 is 1.49 bits per heavy atom. The lowest BCUT2D eigenvalue weighted by atomic mass is 9.86. The standard InChI is InChI=1S/C32H38F7NO3/c1-19(22-15-23(31(34,35)36)17-24(16-22)32(37,38)39)42-26-12-9-21(27(26)20-7-10-25(33)11-8-20)18-40-30(13-5-6-14-30)28(41)43-29(2,3)4/h7-8,10-11,15-17,19,21,26-27,40H,5-6,9,12-14,18H2,1-4H3/t19-,21+,26+,27+/m1/s1. The molecule has 0 aliphatic heterocycles. The van der Waals surface area contributed by atoms with Crippen molar-refractivity contribution in [2.24, 2.45) is 5.92 Å². The summed E-state index contributed by atoms with van der Waals surface area (Å²) in [4.78, 5) is 13.2. The summed E-state index contributed by atoms with van der Waals surface area (Å²) in [5.41, 5.74) is -3.82. The molecule has 0 aromatic heterocycles. The number of carbonyl (C=O) groups excluding carboxylic acids is 1. The number of carbonyl (C=O) groups is 1. The number of rotatable bonds is 8. The predicted molar refractivity (Wildman–Crippen MR) is 147 cm³/mol. The van der Waals surface area contributed by atoms with Crippen molar-refractivity contribution in [3.8, 4) is 0 Å². The van der Waals surface area contributed by atoms with E-state index < -0.39 is 52.6 Å². The van der Waals surface area contributed by atoms with Crippen LogP contribution in [-0.2, 0) is 26.6 Å². The first-order valence-electron chi connectivity index (χ1n) is 14.6. The highest BCUT2D eigenvalue weighted by Gasteiger charge is 2.46. The predicted octanol–water partition coefficient (Wildman–Crippen LogP) is 8.75. The first-order chi connectivity index (χ1) is 19.9. The van der Waals surface area contributed by atoms with Crippen LogP contribution in [0.1, 0.15) is 100 Å². The molecule has 2 saturated carbocycles. The summed E-state index contributed by atoms with van der Waals surface area (Å²) in [7, 11) is 0. The molecule has 2 aliphatic carbocycles. The van der Waals surface area contributed by atoms with Gasteiger partial charge in [0.25, 0.3) is 0 Å². The zero-order chi connectivity index (χ0) is 31.8. The highest BCUT2D eigenvalue weighted by molar-refractivity contribution is 5.81. The summed E-state index contributed by atoms with van der Waals surface area (Å²) in [5, 5.41) is 3.47. The van der Waals surface area contributed by atoms with Crippen LogP contribution in [0, 0.1) is 11.7 Å². The number of benzene rings is 2. The third kappa shape index (κ3) is 8.09. The van der Waals surface area contributed by atoms with Crippen molar-refractivity contribution in [2.45, 2.75) is 108 Å². The summed E-state index contributed by atoms with van der Waals surface area (Å²) in [6.45, 7) is 7.25. The van der Waals surface area contributed by atoms with Crippen LogP contribution in [0.25, 0.3) is 0 Å². The molecule has 0 saturated heterocycles. The summed E-state index contributed by atoms with van der Waals surface area (Å²) in [6.07, 6.45) is -7.56. The van der Waals surface area contributed by atoms with E-state index >= 15 is 0 Å². The summed E-state index contributed by atoms with van der Waals surface area (Å²) in [5.74, 6) is -1.21. The van der Waals surface area contributed by atoms with Gasteiger partial charge in [0.05, 0.1) is 23.3 Å². The fourth-order valence-electron chi connectivity index (χ4n) is 6.28. The molecular formula is C32H38F7NO3. The van der Waals surface area contributed by atoms with E-state index in [2.05, 4.69) is 5.32 Å². The van der Waals surface area contributed by atoms with Crippen molar-refractivity contribution < 1.29 is 45.0 Å². The minimum atomic E-state index is -4.97. The molecular weight excluding hydrogens is 579 g/mol. The molecule has 0 radical (unpaired) electrons. The van der Waals surface area contributed by atoms with Crippen molar-refractivity contribution in [3.63, 3.8) is 0 Å². The Morgan fingerprint density at radius 3 is 2.00 bits per heavy atom. The number of alkyl halides is 6. The molecule has 2 aliphatic rings. The van der Waals surface area contributed by atoms with Gasteiger partial charge < -0.3 is 14.8 Å². The van der Waals surface area contributed by atoms with Gasteiger partial charge in [-0.1, -0.05) is 25.0 Å². The van der Waals surface area contributed by atoms with Gasteiger partial charge in [0.2, 0.25) is 0 Å². The lowest BCUT2D eigenvalue weighted by Crippen LogP contribution is -2.54. The quantitative estimate of drug-likeness (QED) is 0.238. The van der Waals surface area contributed by atoms with Crippen LogP contribution in [0.5, 0.6) is 0 Å². The Kier molecular flexibility index (Phi) is 9.57. The number of nitrogens with one attached hydrogen (secondary N) is 1. The van der Waals surface area contributed by atoms with Gasteiger partial charge in [-0.15, -0.1) is 0 Å². The van der Waals surface area contributed by atoms with E-state index in [1.807, 2.05) is 0 Å². The van der Waals surface area contributed by atoms with Crippen LogP contribution in [0.15, 0.2) is 42.5 Å². The normalized spacial score (nSPS) is 23.4. The number of hydrogen-bond acceptors (Lipinski definition) is 4. The molecule has 4 nitrogen and oxygen atoms in total. The van der Waals surface area contributed by atoms with Gasteiger partial charge in [-0.05, 0) is 107 Å². The van der Waals surface area contributed by atoms with Gasteiger partial charge in [0, 0.05) is 5.92 Å². The fraction of sp³-hybridized carbons (Fsp3) is 0.594. The molecule has 2 aromatic rings. The van der Waals surface area contributed by atoms with Crippen molar-refractivity contribution >= 4 is 5.97 Å². The SMILES string of the molecule is C[C@@H](O[C@H]1CC[C@@H](CNC2(C(=O)OC(C)(C)C)CCCC2)[C@@H]1c1ccc(F)cc1)c1cc(C(F)(F)F)cc(C(F)(F)F)c1. The zero-order valence-electron chi connectivity index (χ0n) is 24.7. The lowest BCUT2D eigenvalue weighted by molar-refractivity contribution is -0.163. The van der Waals surface area contributed by atoms with Crippen molar-refractivity contribution in [2.75, 3.05) is 6.54 Å². The van der Waals surface area contributed by atoms with Crippen molar-refractivity contribution in [3.05, 3.63) is 70.5 Å². The smallest absolute Gasteiger partial charge is 0.416 e. The molecule has 0 unspecified atom stereocenters. The average molecular weight is 618 g/mol. The molecule has 1 N–H and O–H groups in total. The molecule has 2 fully saturated rings. The van der Waals surface area contributed by atoms with Gasteiger partial charge in [0.15, 0.2) is 0 Å². The first-order valence-corrected chi connectivity index (χ1v) is 14.6. The van der Waals surface area contributed by atoms with Gasteiger partial charge in [0.1, 0.15) is 17.0 Å². The van der Waals surface area contributed by atoms with Gasteiger partial charge >= 0.3 is 18.3 Å². The zero-order valence-corrected chi connectivity index (χ0v) is 24.7. The molecule has 4 atom stereocenters. The van der Waals surface area contributed by atoms with Crippen LogP contribution in [0.2, 0.25) is 0 Å². The second-order valence-electron chi connectivity index (χ2n) is 12.7. The Labute approximate surface area is 247 Å². The summed E-state index contributed by atoms with van der Waals surface area (Å²) >= 11 is 0. The average Bonchev–Trinajstić information content (AvgIpc) is 3.54. The van der Waals surface area contributed by atoms with E-state index in [0.29, 0.717) is 44.4 Å². The van der Waals surface area contributed by atoms with Crippen LogP contribution >= 0.6 is 0 Å². The third-order valence-corrected chi connectivity index (χ3v) is 8.39. The topological polar surface area (TPSA) is 47.6 Å². The van der Waals surface area contributed by atoms with Crippen molar-refractivity contribution in [1.29, 1.82) is 0 Å².